The minimum absolute atomic E-state index is 0. The number of aromatic amines is 2. The molecule has 0 radical (unpaired) electrons. The normalized spacial score (nSPS) is 12.1. The fourth-order valence-electron chi connectivity index (χ4n) is 13.1. The number of benzene rings is 7. The third kappa shape index (κ3) is 20.8. The fraction of sp³-hybridized carbons (Fsp3) is 0.324. The first-order valence-corrected chi connectivity index (χ1v) is 44.1. The van der Waals surface area contributed by atoms with E-state index in [1.165, 1.54) is 45.5 Å². The zero-order chi connectivity index (χ0) is 61.8. The number of aromatic nitrogens is 4. The Morgan fingerprint density at radius 3 is 0.674 bits per heavy atom. The number of H-pyrrole nitrogens is 2. The van der Waals surface area contributed by atoms with Crippen LogP contribution >= 0.6 is 0 Å². The van der Waals surface area contributed by atoms with Gasteiger partial charge in [-0.3, -0.25) is 0 Å². The standard InChI is InChI=1S/6C10H13.C8H6O4.2C3H4N2.Ni.O.2Sn/c6*1-10(2,3)9-7-5-4-6-8-9;9-7(10)5-3-1-2-4-6(5)8(11)12;2*1-2-5-3-4-1;;;;/h6*4-8H,1H2,2-3H3;1-4H,(H,9,10)(H,11,12);2*1-3H,(H,4,5);;;;/q;;;;;;;;;+2;;;/p-2. The molecule has 0 saturated carbocycles. The molecular weight excluding hydrogens is 1320 g/mol. The number of imidazole rings is 2. The summed E-state index contributed by atoms with van der Waals surface area (Å²) in [5.41, 5.74) is 7.26. The number of carboxylic acids is 2. The average Bonchev–Trinajstić information content (AvgIpc) is 0.875. The summed E-state index contributed by atoms with van der Waals surface area (Å²) in [4.78, 5) is 33.5. The van der Waals surface area contributed by atoms with Crippen LogP contribution in [0.1, 0.15) is 137 Å². The Labute approximate surface area is 533 Å². The maximum atomic E-state index is 10.3. The van der Waals surface area contributed by atoms with Gasteiger partial charge in [0.25, 0.3) is 0 Å². The predicted octanol–water partition coefficient (Wildman–Crippen LogP) is 16.0. The summed E-state index contributed by atoms with van der Waals surface area (Å²) < 4.78 is 16.1. The number of hydrogen-bond donors (Lipinski definition) is 2. The topological polar surface area (TPSA) is 147 Å². The first-order valence-electron chi connectivity index (χ1n) is 29.6. The molecule has 12 heteroatoms. The smallest absolute Gasteiger partial charge is 0.545 e. The maximum Gasteiger partial charge on any atom is 2.00 e. The number of carboxylic acid groups (broad SMARTS) is 2. The van der Waals surface area contributed by atoms with Crippen molar-refractivity contribution in [3.8, 4) is 0 Å². The van der Waals surface area contributed by atoms with Gasteiger partial charge in [0.15, 0.2) is 0 Å². The molecule has 0 aliphatic carbocycles. The molecule has 0 aliphatic rings. The molecule has 2 N–H and O–H groups in total. The van der Waals surface area contributed by atoms with E-state index in [9.17, 15) is 21.2 Å². The van der Waals surface area contributed by atoms with Crippen molar-refractivity contribution in [1.29, 1.82) is 0 Å². The van der Waals surface area contributed by atoms with Gasteiger partial charge in [0.2, 0.25) is 0 Å². The van der Waals surface area contributed by atoms with E-state index in [4.69, 9.17) is 0 Å². The van der Waals surface area contributed by atoms with E-state index < -0.39 is 49.5 Å². The SMILES string of the molecule is CC(C)([CH2][Sn]([CH2]C(C)(C)c1ccccc1)([CH2]C(C)(C)c1ccccc1)[O][Sn]([CH2]C(C)(C)c1ccccc1)([CH2]C(C)(C)c1ccccc1)[CH2]C(C)(C)c1ccccc1)c1ccccc1.O=C([O-])c1ccccc1C(=O)[O-].[Ni+2].c1c[nH]cn1.c1c[nH]cn1. The fourth-order valence-corrected chi connectivity index (χ4v) is 76.1. The molecule has 0 spiro atoms. The van der Waals surface area contributed by atoms with Crippen molar-refractivity contribution < 1.29 is 37.7 Å². The third-order valence-electron chi connectivity index (χ3n) is 16.5. The molecule has 9 rings (SSSR count). The number of nitrogens with zero attached hydrogens (tertiary/aromatic N) is 2. The van der Waals surface area contributed by atoms with Crippen LogP contribution < -0.4 is 10.2 Å². The van der Waals surface area contributed by atoms with Gasteiger partial charge in [-0.15, -0.1) is 0 Å². The number of hydrogen-bond acceptors (Lipinski definition) is 7. The van der Waals surface area contributed by atoms with E-state index in [-0.39, 0.29) is 60.1 Å². The summed E-state index contributed by atoms with van der Waals surface area (Å²) in [5.74, 6) is -3.04. The number of rotatable bonds is 22. The maximum absolute atomic E-state index is 10.3. The Hall–Kier alpha value is -6.05. The summed E-state index contributed by atoms with van der Waals surface area (Å²) in [6.07, 6.45) is 10.2. The van der Waals surface area contributed by atoms with Crippen molar-refractivity contribution in [1.82, 2.24) is 19.9 Å². The van der Waals surface area contributed by atoms with Crippen molar-refractivity contribution in [2.75, 3.05) is 0 Å². The van der Waals surface area contributed by atoms with E-state index in [1.807, 2.05) is 0 Å². The summed E-state index contributed by atoms with van der Waals surface area (Å²) in [7, 11) is 0. The van der Waals surface area contributed by atoms with Crippen LogP contribution in [0.3, 0.4) is 0 Å². The molecule has 0 amide bonds. The summed E-state index contributed by atoms with van der Waals surface area (Å²) in [5, 5.41) is 20.6. The van der Waals surface area contributed by atoms with Gasteiger partial charge in [0.1, 0.15) is 0 Å². The van der Waals surface area contributed by atoms with Crippen molar-refractivity contribution in [3.63, 3.8) is 0 Å². The molecule has 0 fully saturated rings. The molecule has 86 heavy (non-hydrogen) atoms. The van der Waals surface area contributed by atoms with E-state index in [0.29, 0.717) is 0 Å². The second-order valence-corrected chi connectivity index (χ2v) is 50.7. The molecule has 0 atom stereocenters. The Balaban J connectivity index is 0.000000486. The van der Waals surface area contributed by atoms with Crippen LogP contribution in [0.25, 0.3) is 0 Å². The van der Waals surface area contributed by atoms with Crippen molar-refractivity contribution in [3.05, 3.63) is 288 Å². The Kier molecular flexibility index (Phi) is 26.1. The minimum Gasteiger partial charge on any atom is -0.545 e. The molecule has 0 bridgehead atoms. The van der Waals surface area contributed by atoms with E-state index in [1.54, 1.807) is 37.4 Å². The number of carbonyl (C=O) groups is 2. The van der Waals surface area contributed by atoms with Crippen molar-refractivity contribution in [2.24, 2.45) is 0 Å². The molecular formula is C74H90N4NiO5Sn2. The van der Waals surface area contributed by atoms with Crippen LogP contribution in [-0.4, -0.2) is 69.5 Å². The van der Waals surface area contributed by atoms with Gasteiger partial charge in [-0.25, -0.2) is 9.97 Å². The van der Waals surface area contributed by atoms with Gasteiger partial charge >= 0.3 is 413 Å². The van der Waals surface area contributed by atoms with Gasteiger partial charge in [-0.2, -0.15) is 0 Å². The quantitative estimate of drug-likeness (QED) is 0.0642. The van der Waals surface area contributed by atoms with Crippen LogP contribution in [0, 0.1) is 0 Å². The molecule has 0 saturated heterocycles. The summed E-state index contributed by atoms with van der Waals surface area (Å²) in [6.45, 7) is 30.4. The molecule has 0 unspecified atom stereocenters. The van der Waals surface area contributed by atoms with E-state index >= 15 is 0 Å². The van der Waals surface area contributed by atoms with E-state index in [0.717, 1.165) is 38.8 Å². The molecule has 2 heterocycles. The van der Waals surface area contributed by atoms with Crippen molar-refractivity contribution >= 4 is 49.5 Å². The number of nitrogens with one attached hydrogen (secondary N) is 2. The first-order chi connectivity index (χ1) is 40.2. The zero-order valence-electron chi connectivity index (χ0n) is 52.6. The van der Waals surface area contributed by atoms with Gasteiger partial charge in [0.05, 0.1) is 24.6 Å². The van der Waals surface area contributed by atoms with Gasteiger partial charge in [-0.1, -0.05) is 24.3 Å². The second-order valence-electron chi connectivity index (χ2n) is 26.7. The van der Waals surface area contributed by atoms with Crippen molar-refractivity contribution in [2.45, 2.75) is 142 Å². The van der Waals surface area contributed by atoms with Crippen LogP contribution in [0.15, 0.2) is 244 Å². The summed E-state index contributed by atoms with van der Waals surface area (Å²) in [6, 6.07) is 73.7. The molecule has 9 nitrogen and oxygen atoms in total. The molecule has 7 aromatic carbocycles. The number of aromatic carboxylic acids is 2. The third-order valence-corrected chi connectivity index (χ3v) is 61.8. The summed E-state index contributed by atoms with van der Waals surface area (Å²) >= 11 is -8.23. The van der Waals surface area contributed by atoms with Crippen LogP contribution in [0.5, 0.6) is 0 Å². The monoisotopic (exact) mass is 1410 g/mol. The van der Waals surface area contributed by atoms with Crippen LogP contribution in [0.2, 0.25) is 26.6 Å². The van der Waals surface area contributed by atoms with Gasteiger partial charge in [0, 0.05) is 35.9 Å². The van der Waals surface area contributed by atoms with Gasteiger partial charge < -0.3 is 29.8 Å². The predicted molar refractivity (Wildman–Crippen MR) is 351 cm³/mol. The first kappa shape index (κ1) is 70.7. The van der Waals surface area contributed by atoms with Gasteiger partial charge in [-0.05, 0) is 0 Å². The Morgan fingerprint density at radius 1 is 0.349 bits per heavy atom. The molecule has 2 aromatic heterocycles. The van der Waals surface area contributed by atoms with E-state index in [2.05, 4.69) is 285 Å². The van der Waals surface area contributed by atoms with Crippen LogP contribution in [0.4, 0.5) is 0 Å². The number of carbonyl (C=O) groups excluding carboxylic acids is 2. The largest absolute Gasteiger partial charge is 2.00 e. The zero-order valence-corrected chi connectivity index (χ0v) is 59.3. The Morgan fingerprint density at radius 2 is 0.535 bits per heavy atom. The molecule has 9 aromatic rings. The molecule has 0 aliphatic heterocycles. The molecule has 454 valence electrons. The average molecular weight is 1410 g/mol. The Bertz CT molecular complexity index is 2840. The van der Waals surface area contributed by atoms with Crippen LogP contribution in [-0.2, 0) is 50.4 Å². The minimum atomic E-state index is -4.11. The second kappa shape index (κ2) is 31.7.